The molecular formula is C15H20N2. The van der Waals surface area contributed by atoms with E-state index in [1.807, 2.05) is 0 Å². The van der Waals surface area contributed by atoms with Crippen LogP contribution in [0.15, 0.2) is 23.8 Å². The van der Waals surface area contributed by atoms with E-state index in [-0.39, 0.29) is 0 Å². The van der Waals surface area contributed by atoms with Crippen molar-refractivity contribution < 1.29 is 0 Å². The Kier molecular flexibility index (Phi) is 3.05. The molecule has 2 rings (SSSR count). The van der Waals surface area contributed by atoms with Gasteiger partial charge in [-0.3, -0.25) is 0 Å². The Morgan fingerprint density at radius 3 is 2.53 bits per heavy atom. The van der Waals surface area contributed by atoms with E-state index in [4.69, 9.17) is 4.98 Å². The molecule has 0 aliphatic rings. The lowest BCUT2D eigenvalue weighted by Gasteiger charge is -2.04. The van der Waals surface area contributed by atoms with Gasteiger partial charge in [-0.25, -0.2) is 4.98 Å². The summed E-state index contributed by atoms with van der Waals surface area (Å²) in [5.41, 5.74) is 6.28. The summed E-state index contributed by atoms with van der Waals surface area (Å²) in [5.74, 6) is 1.08. The molecule has 2 heteroatoms. The number of aryl methyl sites for hydroxylation is 2. The molecule has 0 amide bonds. The second kappa shape index (κ2) is 4.36. The topological polar surface area (TPSA) is 17.8 Å². The molecule has 0 N–H and O–H groups in total. The number of fused-ring (bicyclic) bond motifs is 1. The first-order valence-corrected chi connectivity index (χ1v) is 6.15. The van der Waals surface area contributed by atoms with Crippen molar-refractivity contribution in [2.24, 2.45) is 7.05 Å². The van der Waals surface area contributed by atoms with Gasteiger partial charge in [-0.15, -0.1) is 0 Å². The highest BCUT2D eigenvalue weighted by Crippen LogP contribution is 2.24. The van der Waals surface area contributed by atoms with E-state index in [1.165, 1.54) is 22.2 Å². The van der Waals surface area contributed by atoms with Gasteiger partial charge in [0.25, 0.3) is 0 Å². The maximum atomic E-state index is 4.81. The quantitative estimate of drug-likeness (QED) is 0.761. The largest absolute Gasteiger partial charge is 0.327 e. The predicted molar refractivity (Wildman–Crippen MR) is 74.0 cm³/mol. The van der Waals surface area contributed by atoms with Gasteiger partial charge in [0.1, 0.15) is 5.82 Å². The Labute approximate surface area is 103 Å². The fourth-order valence-corrected chi connectivity index (χ4v) is 2.12. The molecular weight excluding hydrogens is 208 g/mol. The lowest BCUT2D eigenvalue weighted by molar-refractivity contribution is 0.917. The number of para-hydroxylation sites is 1. The van der Waals surface area contributed by atoms with Crippen LogP contribution in [0.3, 0.4) is 0 Å². The summed E-state index contributed by atoms with van der Waals surface area (Å²) < 4.78 is 2.19. The van der Waals surface area contributed by atoms with Gasteiger partial charge in [0.15, 0.2) is 0 Å². The number of hydrogen-bond donors (Lipinski definition) is 0. The van der Waals surface area contributed by atoms with E-state index in [2.05, 4.69) is 57.5 Å². The molecule has 0 saturated carbocycles. The zero-order valence-electron chi connectivity index (χ0n) is 11.3. The van der Waals surface area contributed by atoms with Crippen molar-refractivity contribution in [1.82, 2.24) is 9.55 Å². The van der Waals surface area contributed by atoms with Crippen molar-refractivity contribution in [2.75, 3.05) is 0 Å². The van der Waals surface area contributed by atoms with Crippen LogP contribution in [-0.4, -0.2) is 9.55 Å². The Balaban J connectivity index is 2.77. The fourth-order valence-electron chi connectivity index (χ4n) is 2.12. The second-order valence-electron chi connectivity index (χ2n) is 4.76. The van der Waals surface area contributed by atoms with E-state index in [0.29, 0.717) is 0 Å². The summed E-state index contributed by atoms with van der Waals surface area (Å²) in [5, 5.41) is 0. The van der Waals surface area contributed by atoms with Crippen LogP contribution in [0, 0.1) is 0 Å². The van der Waals surface area contributed by atoms with Crippen LogP contribution in [-0.2, 0) is 13.5 Å². The minimum Gasteiger partial charge on any atom is -0.327 e. The zero-order valence-corrected chi connectivity index (χ0v) is 11.3. The second-order valence-corrected chi connectivity index (χ2v) is 4.76. The van der Waals surface area contributed by atoms with Crippen LogP contribution in [0.1, 0.15) is 39.1 Å². The molecule has 1 aromatic carbocycles. The first kappa shape index (κ1) is 11.9. The molecule has 0 bridgehead atoms. The van der Waals surface area contributed by atoms with Crippen molar-refractivity contribution in [2.45, 2.75) is 34.1 Å². The number of imidazole rings is 1. The van der Waals surface area contributed by atoms with Crippen LogP contribution < -0.4 is 0 Å². The van der Waals surface area contributed by atoms with Crippen molar-refractivity contribution in [3.05, 3.63) is 35.2 Å². The standard InChI is InChI=1S/C15H20N2/c1-6-12-8-7-9-13-14(12)16-15(17(13)5)11(4)10(2)3/h7-9H,6H2,1-5H3. The number of aromatic nitrogens is 2. The van der Waals surface area contributed by atoms with Gasteiger partial charge >= 0.3 is 0 Å². The summed E-state index contributed by atoms with van der Waals surface area (Å²) in [7, 11) is 2.09. The minimum absolute atomic E-state index is 1.03. The lowest BCUT2D eigenvalue weighted by Crippen LogP contribution is -1.96. The molecule has 17 heavy (non-hydrogen) atoms. The van der Waals surface area contributed by atoms with E-state index < -0.39 is 0 Å². The van der Waals surface area contributed by atoms with Crippen molar-refractivity contribution in [1.29, 1.82) is 0 Å². The van der Waals surface area contributed by atoms with Gasteiger partial charge in [0, 0.05) is 7.05 Å². The molecule has 90 valence electrons. The number of rotatable bonds is 2. The summed E-state index contributed by atoms with van der Waals surface area (Å²) in [6, 6.07) is 6.42. The summed E-state index contributed by atoms with van der Waals surface area (Å²) >= 11 is 0. The summed E-state index contributed by atoms with van der Waals surface area (Å²) in [4.78, 5) is 4.81. The molecule has 0 unspecified atom stereocenters. The highest BCUT2D eigenvalue weighted by atomic mass is 15.1. The number of benzene rings is 1. The molecule has 0 radical (unpaired) electrons. The highest BCUT2D eigenvalue weighted by molar-refractivity contribution is 5.82. The molecule has 2 aromatic rings. The maximum Gasteiger partial charge on any atom is 0.136 e. The van der Waals surface area contributed by atoms with E-state index in [0.717, 1.165) is 17.8 Å². The van der Waals surface area contributed by atoms with Gasteiger partial charge in [-0.05, 0) is 44.4 Å². The average molecular weight is 228 g/mol. The molecule has 0 fully saturated rings. The highest BCUT2D eigenvalue weighted by Gasteiger charge is 2.11. The van der Waals surface area contributed by atoms with Crippen LogP contribution in [0.5, 0.6) is 0 Å². The van der Waals surface area contributed by atoms with Crippen LogP contribution in [0.25, 0.3) is 16.6 Å². The Hall–Kier alpha value is -1.57. The molecule has 0 aliphatic carbocycles. The fraction of sp³-hybridized carbons (Fsp3) is 0.400. The number of allylic oxidation sites excluding steroid dienone is 2. The third-order valence-corrected chi connectivity index (χ3v) is 3.46. The Morgan fingerprint density at radius 1 is 1.24 bits per heavy atom. The Bertz CT molecular complexity index is 584. The average Bonchev–Trinajstić information content (AvgIpc) is 2.66. The molecule has 0 aliphatic heterocycles. The molecule has 1 aromatic heterocycles. The third-order valence-electron chi connectivity index (χ3n) is 3.46. The van der Waals surface area contributed by atoms with Crippen molar-refractivity contribution in [3.8, 4) is 0 Å². The Morgan fingerprint density at radius 2 is 1.94 bits per heavy atom. The van der Waals surface area contributed by atoms with Gasteiger partial charge < -0.3 is 4.57 Å². The maximum absolute atomic E-state index is 4.81. The van der Waals surface area contributed by atoms with E-state index in [9.17, 15) is 0 Å². The van der Waals surface area contributed by atoms with E-state index >= 15 is 0 Å². The zero-order chi connectivity index (χ0) is 12.6. The van der Waals surface area contributed by atoms with Crippen LogP contribution in [0.2, 0.25) is 0 Å². The SMILES string of the molecule is CCc1cccc2c1nc(C(C)=C(C)C)n2C. The lowest BCUT2D eigenvalue weighted by atomic mass is 10.1. The monoisotopic (exact) mass is 228 g/mol. The first-order valence-electron chi connectivity index (χ1n) is 6.15. The van der Waals surface area contributed by atoms with Crippen molar-refractivity contribution in [3.63, 3.8) is 0 Å². The number of hydrogen-bond acceptors (Lipinski definition) is 1. The third kappa shape index (κ3) is 1.88. The predicted octanol–water partition coefficient (Wildman–Crippen LogP) is 3.95. The molecule has 0 atom stereocenters. The molecule has 2 nitrogen and oxygen atoms in total. The first-order chi connectivity index (χ1) is 8.06. The van der Waals surface area contributed by atoms with Crippen molar-refractivity contribution >= 4 is 16.6 Å². The van der Waals surface area contributed by atoms with Gasteiger partial charge in [-0.1, -0.05) is 24.6 Å². The smallest absolute Gasteiger partial charge is 0.136 e. The van der Waals surface area contributed by atoms with Crippen LogP contribution in [0.4, 0.5) is 0 Å². The molecule has 0 spiro atoms. The van der Waals surface area contributed by atoms with Gasteiger partial charge in [-0.2, -0.15) is 0 Å². The normalized spacial score (nSPS) is 10.9. The van der Waals surface area contributed by atoms with E-state index in [1.54, 1.807) is 0 Å². The molecule has 1 heterocycles. The summed E-state index contributed by atoms with van der Waals surface area (Å²) in [6.45, 7) is 8.59. The number of nitrogens with zero attached hydrogens (tertiary/aromatic N) is 2. The minimum atomic E-state index is 1.03. The molecule has 0 saturated heterocycles. The van der Waals surface area contributed by atoms with Gasteiger partial charge in [0.2, 0.25) is 0 Å². The van der Waals surface area contributed by atoms with Crippen LogP contribution >= 0.6 is 0 Å². The summed E-state index contributed by atoms with van der Waals surface area (Å²) in [6.07, 6.45) is 1.03. The van der Waals surface area contributed by atoms with Gasteiger partial charge in [0.05, 0.1) is 11.0 Å².